The molecule has 180 valence electrons. The molecule has 0 bridgehead atoms. The number of piperidine rings is 1. The van der Waals surface area contributed by atoms with Gasteiger partial charge < -0.3 is 4.74 Å². The lowest BCUT2D eigenvalue weighted by Crippen LogP contribution is -2.40. The van der Waals surface area contributed by atoms with Gasteiger partial charge in [-0.2, -0.15) is 8.61 Å². The minimum Gasteiger partial charge on any atom is -0.379 e. The van der Waals surface area contributed by atoms with Gasteiger partial charge in [0, 0.05) is 26.2 Å². The third-order valence-corrected chi connectivity index (χ3v) is 10.4. The van der Waals surface area contributed by atoms with Crippen LogP contribution in [0.15, 0.2) is 58.3 Å². The zero-order valence-electron chi connectivity index (χ0n) is 19.0. The molecule has 2 aromatic carbocycles. The van der Waals surface area contributed by atoms with Gasteiger partial charge in [0.2, 0.25) is 20.0 Å². The summed E-state index contributed by atoms with van der Waals surface area (Å²) < 4.78 is 59.9. The van der Waals surface area contributed by atoms with Crippen molar-refractivity contribution in [1.82, 2.24) is 8.61 Å². The first-order chi connectivity index (χ1) is 15.8. The Morgan fingerprint density at radius 1 is 0.758 bits per heavy atom. The second-order valence-electron chi connectivity index (χ2n) is 8.86. The van der Waals surface area contributed by atoms with Crippen molar-refractivity contribution in [3.8, 4) is 0 Å². The molecule has 2 aromatic rings. The smallest absolute Gasteiger partial charge is 0.243 e. The molecule has 9 heteroatoms. The molecule has 2 fully saturated rings. The average molecular weight is 493 g/mol. The van der Waals surface area contributed by atoms with Gasteiger partial charge in [-0.05, 0) is 68.4 Å². The van der Waals surface area contributed by atoms with Gasteiger partial charge >= 0.3 is 0 Å². The number of aryl methyl sites for hydroxylation is 2. The molecule has 0 aliphatic carbocycles. The van der Waals surface area contributed by atoms with Gasteiger partial charge in [0.1, 0.15) is 0 Å². The average Bonchev–Trinajstić information content (AvgIpc) is 2.84. The Bertz CT molecular complexity index is 1130. The van der Waals surface area contributed by atoms with Crippen molar-refractivity contribution >= 4 is 20.0 Å². The molecular weight excluding hydrogens is 460 g/mol. The summed E-state index contributed by atoms with van der Waals surface area (Å²) in [5, 5.41) is 0. The first kappa shape index (κ1) is 24.3. The maximum Gasteiger partial charge on any atom is 0.243 e. The molecule has 2 aliphatic heterocycles. The number of ether oxygens (including phenoxy) is 1. The van der Waals surface area contributed by atoms with Gasteiger partial charge in [0.05, 0.1) is 23.0 Å². The van der Waals surface area contributed by atoms with Gasteiger partial charge in [-0.25, -0.2) is 16.8 Å². The third kappa shape index (κ3) is 5.66. The van der Waals surface area contributed by atoms with Gasteiger partial charge in [0.25, 0.3) is 0 Å². The Morgan fingerprint density at radius 2 is 1.24 bits per heavy atom. The summed E-state index contributed by atoms with van der Waals surface area (Å²) in [4.78, 5) is 0.250. The van der Waals surface area contributed by atoms with Crippen molar-refractivity contribution in [2.45, 2.75) is 42.4 Å². The monoisotopic (exact) mass is 492 g/mol. The Balaban J connectivity index is 1.35. The second kappa shape index (κ2) is 10.2. The van der Waals surface area contributed by atoms with Crippen LogP contribution in [0, 0.1) is 12.8 Å². The highest BCUT2D eigenvalue weighted by atomic mass is 32.2. The molecule has 33 heavy (non-hydrogen) atoms. The molecule has 2 saturated heterocycles. The summed E-state index contributed by atoms with van der Waals surface area (Å²) in [6.07, 6.45) is 3.75. The maximum absolute atomic E-state index is 13.1. The van der Waals surface area contributed by atoms with E-state index in [4.69, 9.17) is 4.74 Å². The normalized spacial score (nSPS) is 19.5. The molecule has 0 amide bonds. The quantitative estimate of drug-likeness (QED) is 0.593. The molecule has 7 nitrogen and oxygen atoms in total. The predicted molar refractivity (Wildman–Crippen MR) is 127 cm³/mol. The highest BCUT2D eigenvalue weighted by Gasteiger charge is 2.31. The van der Waals surface area contributed by atoms with Crippen LogP contribution in [0.3, 0.4) is 0 Å². The van der Waals surface area contributed by atoms with Crippen LogP contribution in [-0.4, -0.2) is 64.8 Å². The number of benzene rings is 2. The highest BCUT2D eigenvalue weighted by Crippen LogP contribution is 2.28. The second-order valence-corrected chi connectivity index (χ2v) is 12.7. The van der Waals surface area contributed by atoms with Crippen LogP contribution in [0.2, 0.25) is 0 Å². The minimum atomic E-state index is -3.64. The number of hydrogen-bond donors (Lipinski definition) is 0. The fraction of sp³-hybridized carbons (Fsp3) is 0.500. The lowest BCUT2D eigenvalue weighted by molar-refractivity contribution is 0.0730. The Hall–Kier alpha value is -1.78. The fourth-order valence-corrected chi connectivity index (χ4v) is 7.31. The number of morpholine rings is 1. The third-order valence-electron chi connectivity index (χ3n) is 6.60. The van der Waals surface area contributed by atoms with Crippen LogP contribution in [0.25, 0.3) is 0 Å². The van der Waals surface area contributed by atoms with E-state index in [2.05, 4.69) is 31.2 Å². The molecule has 0 saturated carbocycles. The van der Waals surface area contributed by atoms with Crippen LogP contribution in [0.1, 0.15) is 30.4 Å². The van der Waals surface area contributed by atoms with E-state index in [1.54, 1.807) is 0 Å². The van der Waals surface area contributed by atoms with Crippen molar-refractivity contribution in [3.05, 3.63) is 59.7 Å². The maximum atomic E-state index is 13.1. The van der Waals surface area contributed by atoms with E-state index in [0.29, 0.717) is 45.3 Å². The Labute approximate surface area is 197 Å². The summed E-state index contributed by atoms with van der Waals surface area (Å²) in [6.45, 7) is 4.42. The molecule has 0 unspecified atom stereocenters. The molecule has 0 spiro atoms. The number of rotatable bonds is 7. The number of nitrogens with zero attached hydrogens (tertiary/aromatic N) is 2. The molecule has 2 aliphatic rings. The molecule has 0 radical (unpaired) electrons. The van der Waals surface area contributed by atoms with Gasteiger partial charge in [-0.15, -0.1) is 0 Å². The summed E-state index contributed by atoms with van der Waals surface area (Å²) in [7, 11) is -7.28. The zero-order chi connectivity index (χ0) is 23.5. The molecule has 0 N–H and O–H groups in total. The summed E-state index contributed by atoms with van der Waals surface area (Å²) >= 11 is 0. The molecule has 4 rings (SSSR count). The molecule has 0 atom stereocenters. The topological polar surface area (TPSA) is 84.0 Å². The molecular formula is C24H32N2O5S2. The summed E-state index contributed by atoms with van der Waals surface area (Å²) in [5.74, 6) is 0.513. The first-order valence-corrected chi connectivity index (χ1v) is 14.4. The highest BCUT2D eigenvalue weighted by molar-refractivity contribution is 7.89. The largest absolute Gasteiger partial charge is 0.379 e. The van der Waals surface area contributed by atoms with Gasteiger partial charge in [-0.3, -0.25) is 0 Å². The first-order valence-electron chi connectivity index (χ1n) is 11.5. The van der Waals surface area contributed by atoms with Crippen molar-refractivity contribution < 1.29 is 21.6 Å². The van der Waals surface area contributed by atoms with E-state index >= 15 is 0 Å². The molecule has 0 aromatic heterocycles. The standard InChI is InChI=1S/C24H32N2O5S2/c1-20-2-4-21(5-3-20)6-7-22-12-14-25(15-13-22)32(27,28)23-8-10-24(11-9-23)33(29,30)26-16-18-31-19-17-26/h2-5,8-11,22H,6-7,12-19H2,1H3. The van der Waals surface area contributed by atoms with E-state index in [9.17, 15) is 16.8 Å². The fourth-order valence-electron chi connectivity index (χ4n) is 4.43. The van der Waals surface area contributed by atoms with Crippen LogP contribution >= 0.6 is 0 Å². The van der Waals surface area contributed by atoms with Crippen molar-refractivity contribution in [3.63, 3.8) is 0 Å². The number of hydrogen-bond acceptors (Lipinski definition) is 5. The Morgan fingerprint density at radius 3 is 1.76 bits per heavy atom. The minimum absolute atomic E-state index is 0.109. The van der Waals surface area contributed by atoms with Crippen LogP contribution in [0.4, 0.5) is 0 Å². The van der Waals surface area contributed by atoms with E-state index < -0.39 is 20.0 Å². The lowest BCUT2D eigenvalue weighted by Gasteiger charge is -2.31. The van der Waals surface area contributed by atoms with Crippen LogP contribution in [0.5, 0.6) is 0 Å². The zero-order valence-corrected chi connectivity index (χ0v) is 20.7. The van der Waals surface area contributed by atoms with E-state index in [-0.39, 0.29) is 9.79 Å². The predicted octanol–water partition coefficient (Wildman–Crippen LogP) is 3.05. The van der Waals surface area contributed by atoms with Gasteiger partial charge in [-0.1, -0.05) is 29.8 Å². The molecule has 2 heterocycles. The Kier molecular flexibility index (Phi) is 7.55. The van der Waals surface area contributed by atoms with Crippen molar-refractivity contribution in [1.29, 1.82) is 0 Å². The van der Waals surface area contributed by atoms with E-state index in [0.717, 1.165) is 25.7 Å². The van der Waals surface area contributed by atoms with E-state index in [1.807, 2.05) is 0 Å². The van der Waals surface area contributed by atoms with Crippen molar-refractivity contribution in [2.24, 2.45) is 5.92 Å². The van der Waals surface area contributed by atoms with Crippen molar-refractivity contribution in [2.75, 3.05) is 39.4 Å². The van der Waals surface area contributed by atoms with E-state index in [1.165, 1.54) is 44.0 Å². The van der Waals surface area contributed by atoms with Gasteiger partial charge in [0.15, 0.2) is 0 Å². The SMILES string of the molecule is Cc1ccc(CCC2CCN(S(=O)(=O)c3ccc(S(=O)(=O)N4CCOCC4)cc3)CC2)cc1. The lowest BCUT2D eigenvalue weighted by atomic mass is 9.91. The van der Waals surface area contributed by atoms with Crippen LogP contribution < -0.4 is 0 Å². The summed E-state index contributed by atoms with van der Waals surface area (Å²) in [6, 6.07) is 14.2. The number of sulfonamides is 2. The summed E-state index contributed by atoms with van der Waals surface area (Å²) in [5.41, 5.74) is 2.58. The van der Waals surface area contributed by atoms with Crippen LogP contribution in [-0.2, 0) is 31.2 Å².